The smallest absolute Gasteiger partial charge is 0 e. The first-order valence-corrected chi connectivity index (χ1v) is 2.89. The molecule has 0 aliphatic heterocycles. The summed E-state index contributed by atoms with van der Waals surface area (Å²) in [6.07, 6.45) is 0. The van der Waals surface area contributed by atoms with E-state index < -0.39 is 0 Å². The SMILES string of the molecule is CC(C)[NH-].CC(C)[NH-].[Y]. The van der Waals surface area contributed by atoms with E-state index in [-0.39, 0.29) is 44.8 Å². The summed E-state index contributed by atoms with van der Waals surface area (Å²) in [7, 11) is 0. The Hall–Kier alpha value is 1.02. The van der Waals surface area contributed by atoms with Crippen LogP contribution in [0.25, 0.3) is 11.5 Å². The van der Waals surface area contributed by atoms with Crippen LogP contribution in [0.15, 0.2) is 0 Å². The van der Waals surface area contributed by atoms with Crippen molar-refractivity contribution in [3.63, 3.8) is 0 Å². The van der Waals surface area contributed by atoms with E-state index in [4.69, 9.17) is 11.5 Å². The molecule has 0 atom stereocenters. The van der Waals surface area contributed by atoms with Crippen LogP contribution < -0.4 is 0 Å². The molecule has 0 saturated heterocycles. The molecule has 0 bridgehead atoms. The quantitative estimate of drug-likeness (QED) is 0.583. The zero-order valence-corrected chi connectivity index (χ0v) is 9.57. The summed E-state index contributed by atoms with van der Waals surface area (Å²) in [5.74, 6) is 0. The average Bonchev–Trinajstić information content (AvgIpc) is 1.25. The van der Waals surface area contributed by atoms with Crippen molar-refractivity contribution in [2.75, 3.05) is 0 Å². The standard InChI is InChI=1S/2C3H8N.Y/c2*1-3(2)4;/h2*3-4H,1-2H3;/q2*-1;. The van der Waals surface area contributed by atoms with E-state index in [1.807, 2.05) is 27.7 Å². The fourth-order valence-corrected chi connectivity index (χ4v) is 0. The van der Waals surface area contributed by atoms with Gasteiger partial charge in [-0.1, -0.05) is 27.7 Å². The molecule has 3 heteroatoms. The molecule has 0 unspecified atom stereocenters. The fraction of sp³-hybridized carbons (Fsp3) is 1.00. The Kier molecular flexibility index (Phi) is 21.6. The van der Waals surface area contributed by atoms with Gasteiger partial charge in [0.1, 0.15) is 0 Å². The Morgan fingerprint density at radius 3 is 0.778 bits per heavy atom. The molecule has 0 aliphatic carbocycles. The number of nitrogens with one attached hydrogen (secondary N) is 2. The Morgan fingerprint density at radius 1 is 0.778 bits per heavy atom. The van der Waals surface area contributed by atoms with Crippen LogP contribution in [0.2, 0.25) is 0 Å². The second-order valence-electron chi connectivity index (χ2n) is 2.31. The molecule has 0 aromatic rings. The fourth-order valence-electron chi connectivity index (χ4n) is 0. The van der Waals surface area contributed by atoms with E-state index in [9.17, 15) is 0 Å². The molecule has 9 heavy (non-hydrogen) atoms. The van der Waals surface area contributed by atoms with E-state index in [2.05, 4.69) is 0 Å². The maximum atomic E-state index is 6.58. The molecule has 0 rings (SSSR count). The van der Waals surface area contributed by atoms with E-state index in [0.717, 1.165) is 0 Å². The predicted molar refractivity (Wildman–Crippen MR) is 38.9 cm³/mol. The number of hydrogen-bond donors (Lipinski definition) is 0. The van der Waals surface area contributed by atoms with Gasteiger partial charge in [0.05, 0.1) is 0 Å². The largest absolute Gasteiger partial charge is 0.675 e. The van der Waals surface area contributed by atoms with Gasteiger partial charge in [-0.3, -0.25) is 0 Å². The zero-order chi connectivity index (χ0) is 7.15. The Morgan fingerprint density at radius 2 is 0.778 bits per heavy atom. The van der Waals surface area contributed by atoms with Gasteiger partial charge in [0.15, 0.2) is 0 Å². The molecule has 0 aromatic carbocycles. The molecule has 2 nitrogen and oxygen atoms in total. The minimum atomic E-state index is 0. The summed E-state index contributed by atoms with van der Waals surface area (Å²) in [6, 6.07) is 0.167. The van der Waals surface area contributed by atoms with Crippen LogP contribution in [0.5, 0.6) is 0 Å². The molecule has 1 radical (unpaired) electrons. The Bertz CT molecular complexity index is 26.5. The van der Waals surface area contributed by atoms with Crippen molar-refractivity contribution in [2.24, 2.45) is 0 Å². The Labute approximate surface area is 83.6 Å². The van der Waals surface area contributed by atoms with Crippen molar-refractivity contribution in [1.29, 1.82) is 0 Å². The molecule has 0 aliphatic rings. The van der Waals surface area contributed by atoms with Gasteiger partial charge in [0.2, 0.25) is 0 Å². The minimum absolute atomic E-state index is 0. The topological polar surface area (TPSA) is 47.6 Å². The van der Waals surface area contributed by atoms with E-state index in [1.54, 1.807) is 0 Å². The summed E-state index contributed by atoms with van der Waals surface area (Å²) >= 11 is 0. The average molecular weight is 205 g/mol. The molecule has 0 saturated carbocycles. The minimum Gasteiger partial charge on any atom is -0.675 e. The van der Waals surface area contributed by atoms with Gasteiger partial charge in [0.25, 0.3) is 0 Å². The van der Waals surface area contributed by atoms with Crippen molar-refractivity contribution in [1.82, 2.24) is 0 Å². The summed E-state index contributed by atoms with van der Waals surface area (Å²) in [5, 5.41) is 0. The van der Waals surface area contributed by atoms with Crippen molar-refractivity contribution >= 4 is 0 Å². The number of rotatable bonds is 0. The first-order chi connectivity index (χ1) is 3.46. The van der Waals surface area contributed by atoms with E-state index in [1.165, 1.54) is 0 Å². The third-order valence-corrected chi connectivity index (χ3v) is 0. The third kappa shape index (κ3) is 425. The van der Waals surface area contributed by atoms with Crippen molar-refractivity contribution < 1.29 is 32.7 Å². The van der Waals surface area contributed by atoms with Crippen LogP contribution >= 0.6 is 0 Å². The first-order valence-electron chi connectivity index (χ1n) is 2.89. The molecule has 0 heterocycles. The van der Waals surface area contributed by atoms with Gasteiger partial charge in [-0.2, -0.15) is 0 Å². The Balaban J connectivity index is -0.0000000720. The van der Waals surface area contributed by atoms with Crippen molar-refractivity contribution in [3.8, 4) is 0 Å². The summed E-state index contributed by atoms with van der Waals surface area (Å²) in [5.41, 5.74) is 13.2. The molecule has 2 N–H and O–H groups in total. The predicted octanol–water partition coefficient (Wildman–Crippen LogP) is 2.89. The van der Waals surface area contributed by atoms with Gasteiger partial charge >= 0.3 is 0 Å². The van der Waals surface area contributed by atoms with Crippen LogP contribution in [0.4, 0.5) is 0 Å². The molecule has 0 spiro atoms. The van der Waals surface area contributed by atoms with Crippen molar-refractivity contribution in [2.45, 2.75) is 39.8 Å². The molecule has 55 valence electrons. The zero-order valence-electron chi connectivity index (χ0n) is 6.73. The maximum Gasteiger partial charge on any atom is 0 e. The second kappa shape index (κ2) is 11.8. The monoisotopic (exact) mass is 205 g/mol. The van der Waals surface area contributed by atoms with Gasteiger partial charge in [-0.25, -0.2) is 0 Å². The molecule has 0 aromatic heterocycles. The normalized spacial score (nSPS) is 8.00. The van der Waals surface area contributed by atoms with Gasteiger partial charge < -0.3 is 11.5 Å². The molecular formula is C6H16N2Y-2. The van der Waals surface area contributed by atoms with Crippen LogP contribution in [-0.2, 0) is 32.7 Å². The molecular weight excluding hydrogens is 189 g/mol. The summed E-state index contributed by atoms with van der Waals surface area (Å²) < 4.78 is 0. The van der Waals surface area contributed by atoms with Gasteiger partial charge in [-0.15, -0.1) is 12.1 Å². The van der Waals surface area contributed by atoms with Gasteiger partial charge in [-0.05, 0) is 0 Å². The first kappa shape index (κ1) is 16.5. The molecule has 0 amide bonds. The number of hydrogen-bond acceptors (Lipinski definition) is 0. The molecule has 0 fully saturated rings. The van der Waals surface area contributed by atoms with E-state index >= 15 is 0 Å². The van der Waals surface area contributed by atoms with Crippen LogP contribution in [0.1, 0.15) is 27.7 Å². The van der Waals surface area contributed by atoms with E-state index in [0.29, 0.717) is 0 Å². The van der Waals surface area contributed by atoms with Crippen LogP contribution in [-0.4, -0.2) is 12.1 Å². The van der Waals surface area contributed by atoms with Crippen LogP contribution in [0, 0.1) is 0 Å². The third-order valence-electron chi connectivity index (χ3n) is 0. The van der Waals surface area contributed by atoms with Crippen molar-refractivity contribution in [3.05, 3.63) is 11.5 Å². The van der Waals surface area contributed by atoms with Gasteiger partial charge in [0, 0.05) is 32.7 Å². The maximum absolute atomic E-state index is 6.58. The summed E-state index contributed by atoms with van der Waals surface area (Å²) in [4.78, 5) is 0. The summed E-state index contributed by atoms with van der Waals surface area (Å²) in [6.45, 7) is 7.33. The second-order valence-corrected chi connectivity index (χ2v) is 2.31. The van der Waals surface area contributed by atoms with Crippen LogP contribution in [0.3, 0.4) is 0 Å².